The van der Waals surface area contributed by atoms with Crippen LogP contribution in [0, 0.1) is 5.82 Å². The number of nitrogens with zero attached hydrogens (tertiary/aromatic N) is 6. The van der Waals surface area contributed by atoms with Gasteiger partial charge < -0.3 is 30.2 Å². The first-order valence-corrected chi connectivity index (χ1v) is 14.4. The zero-order valence-corrected chi connectivity index (χ0v) is 25.6. The number of carbonyl (C=O) groups is 3. The lowest BCUT2D eigenvalue weighted by molar-refractivity contribution is -0.170. The second-order valence-electron chi connectivity index (χ2n) is 11.0. The summed E-state index contributed by atoms with van der Waals surface area (Å²) in [6, 6.07) is 10.7. The minimum Gasteiger partial charge on any atom is -0.481 e. The van der Waals surface area contributed by atoms with Gasteiger partial charge in [-0.3, -0.25) is 19.5 Å². The van der Waals surface area contributed by atoms with Crippen molar-refractivity contribution >= 4 is 23.7 Å². The van der Waals surface area contributed by atoms with Crippen molar-refractivity contribution in [3.63, 3.8) is 0 Å². The van der Waals surface area contributed by atoms with Crippen molar-refractivity contribution in [3.8, 4) is 11.4 Å². The van der Waals surface area contributed by atoms with Crippen molar-refractivity contribution in [3.05, 3.63) is 71.4 Å². The Morgan fingerprint density at radius 1 is 1.00 bits per heavy atom. The van der Waals surface area contributed by atoms with Gasteiger partial charge in [-0.15, -0.1) is 0 Å². The molecule has 4 rings (SSSR count). The molecule has 13 nitrogen and oxygen atoms in total. The number of aromatic nitrogens is 3. The first-order chi connectivity index (χ1) is 21.3. The van der Waals surface area contributed by atoms with Gasteiger partial charge in [-0.25, -0.2) is 19.2 Å². The number of benzene rings is 1. The van der Waals surface area contributed by atoms with E-state index in [4.69, 9.17) is 30.4 Å². The Balaban J connectivity index is 0.000000360. The Morgan fingerprint density at radius 3 is 2.20 bits per heavy atom. The van der Waals surface area contributed by atoms with Gasteiger partial charge in [-0.1, -0.05) is 12.1 Å². The second kappa shape index (κ2) is 16.0. The van der Waals surface area contributed by atoms with E-state index in [1.807, 2.05) is 30.5 Å². The Hall–Kier alpha value is -4.53. The second-order valence-corrected chi connectivity index (χ2v) is 11.0. The van der Waals surface area contributed by atoms with Crippen molar-refractivity contribution in [2.24, 2.45) is 0 Å². The van der Waals surface area contributed by atoms with Crippen molar-refractivity contribution in [2.45, 2.75) is 44.9 Å². The van der Waals surface area contributed by atoms with Crippen LogP contribution in [0.15, 0.2) is 48.8 Å². The molecule has 1 aliphatic heterocycles. The average molecular weight is 627 g/mol. The third kappa shape index (κ3) is 10.3. The van der Waals surface area contributed by atoms with E-state index in [1.165, 1.54) is 17.7 Å². The molecule has 242 valence electrons. The van der Waals surface area contributed by atoms with Crippen molar-refractivity contribution in [2.75, 3.05) is 45.2 Å². The minimum absolute atomic E-state index is 0.198. The number of hydrogen-bond donors (Lipinski definition) is 4. The monoisotopic (exact) mass is 626 g/mol. The quantitative estimate of drug-likeness (QED) is 0.217. The molecule has 0 spiro atoms. The summed E-state index contributed by atoms with van der Waals surface area (Å²) in [6.07, 6.45) is 2.17. The predicted molar refractivity (Wildman–Crippen MR) is 163 cm³/mol. The molecule has 0 bridgehead atoms. The Labute approximate surface area is 260 Å². The number of halogens is 1. The highest BCUT2D eigenvalue weighted by Gasteiger charge is 2.40. The number of fused-ring (bicyclic) bond motifs is 1. The van der Waals surface area contributed by atoms with E-state index in [1.54, 1.807) is 6.20 Å². The molecule has 0 saturated heterocycles. The van der Waals surface area contributed by atoms with Crippen LogP contribution in [0.4, 0.5) is 10.2 Å². The van der Waals surface area contributed by atoms with Crippen LogP contribution in [0.5, 0.6) is 0 Å². The number of aliphatic hydroxyl groups is 1. The number of rotatable bonds is 13. The fourth-order valence-electron chi connectivity index (χ4n) is 4.77. The summed E-state index contributed by atoms with van der Waals surface area (Å²) in [5, 5.41) is 33.8. The minimum atomic E-state index is -2.74. The van der Waals surface area contributed by atoms with Gasteiger partial charge in [-0.05, 0) is 50.8 Å². The van der Waals surface area contributed by atoms with Crippen LogP contribution < -0.4 is 4.90 Å². The van der Waals surface area contributed by atoms with Gasteiger partial charge in [0.1, 0.15) is 11.6 Å². The van der Waals surface area contributed by atoms with Crippen LogP contribution in [0.2, 0.25) is 0 Å². The molecule has 4 N–H and O–H groups in total. The van der Waals surface area contributed by atoms with Gasteiger partial charge in [0.15, 0.2) is 11.4 Å². The predicted octanol–water partition coefficient (Wildman–Crippen LogP) is 2.38. The molecule has 45 heavy (non-hydrogen) atoms. The maximum atomic E-state index is 13.3. The van der Waals surface area contributed by atoms with Gasteiger partial charge in [0, 0.05) is 69.2 Å². The summed E-state index contributed by atoms with van der Waals surface area (Å²) in [4.78, 5) is 51.7. The fraction of sp³-hybridized carbons (Fsp3) is 0.419. The molecular weight excluding hydrogens is 587 g/mol. The SMILES string of the molecule is CCN(CCN(C)C)c1nc(-c2cccnc2)nc2c1CN(Cc1ccc(F)cc1)CC2.O=C(O)CC(O)(CC(=O)O)C(=O)O. The molecule has 14 heteroatoms. The molecule has 1 aromatic carbocycles. The zero-order valence-electron chi connectivity index (χ0n) is 25.6. The highest BCUT2D eigenvalue weighted by molar-refractivity contribution is 5.88. The molecule has 0 amide bonds. The Morgan fingerprint density at radius 2 is 1.67 bits per heavy atom. The number of pyridine rings is 1. The summed E-state index contributed by atoms with van der Waals surface area (Å²) in [5.74, 6) is -3.46. The maximum absolute atomic E-state index is 13.3. The number of hydrogen-bond acceptors (Lipinski definition) is 10. The van der Waals surface area contributed by atoms with Crippen molar-refractivity contribution < 1.29 is 39.2 Å². The van der Waals surface area contributed by atoms with E-state index in [0.717, 1.165) is 74.2 Å². The first kappa shape index (κ1) is 35.0. The van der Waals surface area contributed by atoms with Crippen LogP contribution in [0.25, 0.3) is 11.4 Å². The zero-order chi connectivity index (χ0) is 33.1. The number of anilines is 1. The van der Waals surface area contributed by atoms with E-state index >= 15 is 0 Å². The summed E-state index contributed by atoms with van der Waals surface area (Å²) < 4.78 is 13.3. The third-order valence-electron chi connectivity index (χ3n) is 7.14. The lowest BCUT2D eigenvalue weighted by Gasteiger charge is -2.33. The molecule has 1 aliphatic rings. The van der Waals surface area contributed by atoms with Crippen molar-refractivity contribution in [1.82, 2.24) is 24.8 Å². The van der Waals surface area contributed by atoms with Gasteiger partial charge in [-0.2, -0.15) is 0 Å². The van der Waals surface area contributed by atoms with Crippen LogP contribution in [0.1, 0.15) is 36.6 Å². The molecule has 0 radical (unpaired) electrons. The third-order valence-corrected chi connectivity index (χ3v) is 7.14. The Bertz CT molecular complexity index is 1440. The molecule has 0 atom stereocenters. The van der Waals surface area contributed by atoms with Crippen LogP contribution in [0.3, 0.4) is 0 Å². The lowest BCUT2D eigenvalue weighted by atomic mass is 9.96. The fourth-order valence-corrected chi connectivity index (χ4v) is 4.77. The van der Waals surface area contributed by atoms with Gasteiger partial charge in [0.25, 0.3) is 0 Å². The molecule has 3 heterocycles. The van der Waals surface area contributed by atoms with E-state index in [-0.39, 0.29) is 5.82 Å². The van der Waals surface area contributed by atoms with Crippen molar-refractivity contribution in [1.29, 1.82) is 0 Å². The highest BCUT2D eigenvalue weighted by atomic mass is 19.1. The maximum Gasteiger partial charge on any atom is 0.336 e. The van der Waals surface area contributed by atoms with Gasteiger partial charge in [0.2, 0.25) is 0 Å². The average Bonchev–Trinajstić information content (AvgIpc) is 2.98. The molecule has 0 unspecified atom stereocenters. The highest BCUT2D eigenvalue weighted by Crippen LogP contribution is 2.30. The summed E-state index contributed by atoms with van der Waals surface area (Å²) in [6.45, 7) is 7.39. The normalized spacial score (nSPS) is 13.0. The molecule has 0 fully saturated rings. The first-order valence-electron chi connectivity index (χ1n) is 14.4. The van der Waals surface area contributed by atoms with Crippen LogP contribution in [-0.4, -0.2) is 109 Å². The summed E-state index contributed by atoms with van der Waals surface area (Å²) in [7, 11) is 4.18. The Kier molecular flexibility index (Phi) is 12.4. The largest absolute Gasteiger partial charge is 0.481 e. The summed E-state index contributed by atoms with van der Waals surface area (Å²) >= 11 is 0. The number of carboxylic acids is 3. The van der Waals surface area contributed by atoms with Gasteiger partial charge >= 0.3 is 17.9 Å². The van der Waals surface area contributed by atoms with E-state index in [2.05, 4.69) is 40.7 Å². The molecule has 0 saturated carbocycles. The lowest BCUT2D eigenvalue weighted by Crippen LogP contribution is -2.42. The van der Waals surface area contributed by atoms with E-state index in [0.29, 0.717) is 0 Å². The molecule has 2 aromatic heterocycles. The van der Waals surface area contributed by atoms with E-state index in [9.17, 15) is 18.8 Å². The number of aliphatic carboxylic acids is 3. The molecular formula is C31H39FN6O7. The standard InChI is InChI=1S/C25H31FN6.C6H8O7/c1-4-32(15-14-30(2)3)25-22-18-31(17-19-7-9-21(26)10-8-19)13-11-23(22)28-24(29-25)20-6-5-12-27-16-20;7-3(8)1-6(13,5(11)12)2-4(9)10/h5-10,12,16H,4,11,13-15,17-18H2,1-3H3;13H,1-2H2,(H,7,8)(H,9,10)(H,11,12). The smallest absolute Gasteiger partial charge is 0.336 e. The molecule has 0 aliphatic carbocycles. The number of likely N-dealkylation sites (N-methyl/N-ethyl adjacent to an activating group) is 2. The number of carboxylic acid groups (broad SMARTS) is 3. The van der Waals surface area contributed by atoms with Crippen LogP contribution in [-0.2, 0) is 33.9 Å². The topological polar surface area (TPSA) is 181 Å². The van der Waals surface area contributed by atoms with Gasteiger partial charge in [0.05, 0.1) is 18.5 Å². The van der Waals surface area contributed by atoms with Crippen LogP contribution >= 0.6 is 0 Å². The summed E-state index contributed by atoms with van der Waals surface area (Å²) in [5.41, 5.74) is 1.63. The van der Waals surface area contributed by atoms with E-state index < -0.39 is 36.4 Å². The molecule has 3 aromatic rings.